The summed E-state index contributed by atoms with van der Waals surface area (Å²) in [4.78, 5) is 18.7. The first-order chi connectivity index (χ1) is 12.7. The zero-order chi connectivity index (χ0) is 17.9. The van der Waals surface area contributed by atoms with E-state index in [1.807, 2.05) is 44.4 Å². The Morgan fingerprint density at radius 2 is 2.15 bits per heavy atom. The second-order valence-electron chi connectivity index (χ2n) is 6.51. The number of rotatable bonds is 7. The minimum Gasteiger partial charge on any atom is -0.477 e. The van der Waals surface area contributed by atoms with Crippen LogP contribution in [0, 0.1) is 19.8 Å². The average molecular weight is 367 g/mol. The van der Waals surface area contributed by atoms with Crippen LogP contribution in [0.25, 0.3) is 0 Å². The standard InChI is InChI=1S/C19H21N5OS/c1-12-23-18(22-10-15-9-21-13(2)26-15)8-19(24-12)25-11-14-7-16(14)17-5-3-4-6-20-17/h3-6,8-9,14,16H,7,10-11H2,1-2H3,(H,22,23,24)/t14-,16+/m1/s1. The molecular formula is C19H21N5OS. The van der Waals surface area contributed by atoms with E-state index in [1.54, 1.807) is 11.3 Å². The van der Waals surface area contributed by atoms with Gasteiger partial charge in [-0.3, -0.25) is 4.98 Å². The maximum Gasteiger partial charge on any atom is 0.218 e. The molecule has 0 aromatic carbocycles. The van der Waals surface area contributed by atoms with Crippen molar-refractivity contribution in [3.05, 3.63) is 58.1 Å². The van der Waals surface area contributed by atoms with Gasteiger partial charge in [0.25, 0.3) is 0 Å². The third kappa shape index (κ3) is 4.16. The third-order valence-electron chi connectivity index (χ3n) is 4.36. The number of aromatic nitrogens is 4. The molecule has 134 valence electrons. The van der Waals surface area contributed by atoms with Gasteiger partial charge in [0.2, 0.25) is 5.88 Å². The summed E-state index contributed by atoms with van der Waals surface area (Å²) in [5.74, 6) is 3.10. The van der Waals surface area contributed by atoms with Crippen molar-refractivity contribution < 1.29 is 4.74 Å². The van der Waals surface area contributed by atoms with Gasteiger partial charge >= 0.3 is 0 Å². The molecule has 2 atom stereocenters. The van der Waals surface area contributed by atoms with Crippen molar-refractivity contribution in [2.45, 2.75) is 32.7 Å². The van der Waals surface area contributed by atoms with Crippen molar-refractivity contribution in [1.82, 2.24) is 19.9 Å². The Morgan fingerprint density at radius 1 is 1.23 bits per heavy atom. The number of ether oxygens (including phenoxy) is 1. The molecule has 3 aromatic heterocycles. The molecular weight excluding hydrogens is 346 g/mol. The van der Waals surface area contributed by atoms with Gasteiger partial charge in [-0.05, 0) is 32.4 Å². The minimum atomic E-state index is 0.506. The number of hydrogen-bond acceptors (Lipinski definition) is 7. The highest BCUT2D eigenvalue weighted by Crippen LogP contribution is 2.46. The Bertz CT molecular complexity index is 883. The van der Waals surface area contributed by atoms with E-state index in [2.05, 4.69) is 31.3 Å². The van der Waals surface area contributed by atoms with Gasteiger partial charge in [0.15, 0.2) is 0 Å². The lowest BCUT2D eigenvalue weighted by Crippen LogP contribution is -2.07. The van der Waals surface area contributed by atoms with Gasteiger partial charge in [-0.1, -0.05) is 6.07 Å². The van der Waals surface area contributed by atoms with Crippen molar-refractivity contribution in [2.24, 2.45) is 5.92 Å². The Morgan fingerprint density at radius 3 is 2.92 bits per heavy atom. The van der Waals surface area contributed by atoms with Gasteiger partial charge in [-0.15, -0.1) is 11.3 Å². The van der Waals surface area contributed by atoms with Gasteiger partial charge in [-0.2, -0.15) is 4.98 Å². The predicted octanol–water partition coefficient (Wildman–Crippen LogP) is 3.74. The smallest absolute Gasteiger partial charge is 0.218 e. The number of nitrogens with zero attached hydrogens (tertiary/aromatic N) is 4. The SMILES string of the molecule is Cc1nc(NCc2cnc(C)s2)cc(OC[C@H]2C[C@@H]2c2ccccn2)n1. The Hall–Kier alpha value is -2.54. The number of hydrogen-bond donors (Lipinski definition) is 1. The topological polar surface area (TPSA) is 72.8 Å². The molecule has 4 rings (SSSR count). The number of nitrogens with one attached hydrogen (secondary N) is 1. The number of anilines is 1. The van der Waals surface area contributed by atoms with E-state index >= 15 is 0 Å². The molecule has 0 saturated heterocycles. The Kier molecular flexibility index (Phi) is 4.79. The molecule has 3 aromatic rings. The van der Waals surface area contributed by atoms with Crippen LogP contribution in [0.2, 0.25) is 0 Å². The summed E-state index contributed by atoms with van der Waals surface area (Å²) in [5, 5.41) is 4.39. The zero-order valence-electron chi connectivity index (χ0n) is 14.8. The summed E-state index contributed by atoms with van der Waals surface area (Å²) in [6.07, 6.45) is 4.86. The average Bonchev–Trinajstić information content (AvgIpc) is 3.31. The van der Waals surface area contributed by atoms with Crippen LogP contribution in [0.15, 0.2) is 36.7 Å². The lowest BCUT2D eigenvalue weighted by Gasteiger charge is -2.09. The van der Waals surface area contributed by atoms with Gasteiger partial charge in [0.1, 0.15) is 11.6 Å². The van der Waals surface area contributed by atoms with Crippen LogP contribution in [-0.2, 0) is 6.54 Å². The second kappa shape index (κ2) is 7.37. The van der Waals surface area contributed by atoms with Crippen LogP contribution in [0.1, 0.15) is 33.7 Å². The lowest BCUT2D eigenvalue weighted by molar-refractivity contribution is 0.284. The Balaban J connectivity index is 1.33. The largest absolute Gasteiger partial charge is 0.477 e. The van der Waals surface area contributed by atoms with Crippen LogP contribution in [0.5, 0.6) is 5.88 Å². The van der Waals surface area contributed by atoms with E-state index in [1.165, 1.54) is 4.88 Å². The molecule has 1 aliphatic rings. The summed E-state index contributed by atoms with van der Waals surface area (Å²) >= 11 is 1.68. The van der Waals surface area contributed by atoms with Crippen molar-refractivity contribution in [1.29, 1.82) is 0 Å². The molecule has 1 fully saturated rings. The van der Waals surface area contributed by atoms with Crippen molar-refractivity contribution in [3.8, 4) is 5.88 Å². The molecule has 0 unspecified atom stereocenters. The highest BCUT2D eigenvalue weighted by molar-refractivity contribution is 7.11. The molecule has 0 radical (unpaired) electrons. The number of thiazole rings is 1. The van der Waals surface area contributed by atoms with Crippen LogP contribution >= 0.6 is 11.3 Å². The zero-order valence-corrected chi connectivity index (χ0v) is 15.7. The summed E-state index contributed by atoms with van der Waals surface area (Å²) < 4.78 is 5.93. The number of pyridine rings is 1. The molecule has 0 bridgehead atoms. The van der Waals surface area contributed by atoms with E-state index in [0.717, 1.165) is 22.9 Å². The van der Waals surface area contributed by atoms with Gasteiger partial charge in [-0.25, -0.2) is 9.97 Å². The molecule has 1 aliphatic carbocycles. The maximum atomic E-state index is 5.93. The monoisotopic (exact) mass is 367 g/mol. The summed E-state index contributed by atoms with van der Waals surface area (Å²) in [7, 11) is 0. The van der Waals surface area contributed by atoms with Crippen molar-refractivity contribution in [3.63, 3.8) is 0 Å². The van der Waals surface area contributed by atoms with Crippen LogP contribution in [0.4, 0.5) is 5.82 Å². The first-order valence-corrected chi connectivity index (χ1v) is 9.53. The second-order valence-corrected chi connectivity index (χ2v) is 7.82. The maximum absolute atomic E-state index is 5.93. The van der Waals surface area contributed by atoms with Crippen molar-refractivity contribution in [2.75, 3.05) is 11.9 Å². The fraction of sp³-hybridized carbons (Fsp3) is 0.368. The molecule has 6 nitrogen and oxygen atoms in total. The highest BCUT2D eigenvalue weighted by atomic mass is 32.1. The normalized spacial score (nSPS) is 18.5. The fourth-order valence-electron chi connectivity index (χ4n) is 2.95. The first-order valence-electron chi connectivity index (χ1n) is 8.72. The molecule has 0 spiro atoms. The first kappa shape index (κ1) is 16.9. The molecule has 1 N–H and O–H groups in total. The fourth-order valence-corrected chi connectivity index (χ4v) is 3.69. The molecule has 0 aliphatic heterocycles. The lowest BCUT2D eigenvalue weighted by atomic mass is 10.2. The van der Waals surface area contributed by atoms with E-state index < -0.39 is 0 Å². The van der Waals surface area contributed by atoms with E-state index in [9.17, 15) is 0 Å². The summed E-state index contributed by atoms with van der Waals surface area (Å²) in [6.45, 7) is 5.24. The van der Waals surface area contributed by atoms with Crippen LogP contribution < -0.4 is 10.1 Å². The van der Waals surface area contributed by atoms with Crippen LogP contribution in [-0.4, -0.2) is 26.5 Å². The van der Waals surface area contributed by atoms with Gasteiger partial charge in [0.05, 0.1) is 18.2 Å². The van der Waals surface area contributed by atoms with E-state index in [4.69, 9.17) is 4.74 Å². The third-order valence-corrected chi connectivity index (χ3v) is 5.28. The van der Waals surface area contributed by atoms with Crippen molar-refractivity contribution >= 4 is 17.2 Å². The quantitative estimate of drug-likeness (QED) is 0.686. The summed E-state index contributed by atoms with van der Waals surface area (Å²) in [6, 6.07) is 7.93. The predicted molar refractivity (Wildman–Crippen MR) is 102 cm³/mol. The Labute approximate surface area is 156 Å². The minimum absolute atomic E-state index is 0.506. The molecule has 26 heavy (non-hydrogen) atoms. The molecule has 3 heterocycles. The van der Waals surface area contributed by atoms with Gasteiger partial charge < -0.3 is 10.1 Å². The number of aryl methyl sites for hydroxylation is 2. The molecule has 0 amide bonds. The van der Waals surface area contributed by atoms with Crippen LogP contribution in [0.3, 0.4) is 0 Å². The van der Waals surface area contributed by atoms with Gasteiger partial charge in [0, 0.05) is 40.9 Å². The van der Waals surface area contributed by atoms with E-state index in [-0.39, 0.29) is 0 Å². The molecule has 1 saturated carbocycles. The van der Waals surface area contributed by atoms with E-state index in [0.29, 0.717) is 36.7 Å². The summed E-state index contributed by atoms with van der Waals surface area (Å²) in [5.41, 5.74) is 1.15. The highest BCUT2D eigenvalue weighted by Gasteiger charge is 2.39. The molecule has 7 heteroatoms.